The second-order valence-electron chi connectivity index (χ2n) is 7.77. The van der Waals surface area contributed by atoms with E-state index in [0.29, 0.717) is 22.8 Å². The van der Waals surface area contributed by atoms with Crippen LogP contribution in [0, 0.1) is 0 Å². The highest BCUT2D eigenvalue weighted by Crippen LogP contribution is 2.36. The van der Waals surface area contributed by atoms with E-state index in [1.807, 2.05) is 30.3 Å². The Balaban J connectivity index is 1.49. The molecule has 1 aliphatic heterocycles. The molecule has 0 saturated heterocycles. The maximum Gasteiger partial charge on any atom is 0.231 e. The van der Waals surface area contributed by atoms with Crippen LogP contribution in [-0.2, 0) is 0 Å². The van der Waals surface area contributed by atoms with Gasteiger partial charge in [-0.1, -0.05) is 42.5 Å². The first-order valence-corrected chi connectivity index (χ1v) is 10.4. The van der Waals surface area contributed by atoms with Gasteiger partial charge in [-0.05, 0) is 54.1 Å². The molecule has 4 nitrogen and oxygen atoms in total. The molecule has 32 heavy (non-hydrogen) atoms. The number of methoxy groups -OCH3 is 1. The quantitative estimate of drug-likeness (QED) is 0.319. The number of carbonyl (C=O) groups excluding carboxylic acids is 1. The number of Topliss-reactive ketones (excluding diaryl/α,β-unsaturated/α-hetero) is 1. The maximum absolute atomic E-state index is 12.8. The van der Waals surface area contributed by atoms with Crippen LogP contribution >= 0.6 is 0 Å². The highest BCUT2D eigenvalue weighted by Gasteiger charge is 2.27. The predicted octanol–water partition coefficient (Wildman–Crippen LogP) is 6.41. The van der Waals surface area contributed by atoms with Crippen molar-refractivity contribution < 1.29 is 14.3 Å². The Morgan fingerprint density at radius 2 is 1.59 bits per heavy atom. The molecule has 0 atom stereocenters. The molecule has 154 valence electrons. The van der Waals surface area contributed by atoms with Crippen molar-refractivity contribution in [3.63, 3.8) is 0 Å². The van der Waals surface area contributed by atoms with E-state index in [1.165, 1.54) is 5.39 Å². The van der Waals surface area contributed by atoms with Crippen LogP contribution < -0.4 is 9.47 Å². The fraction of sp³-hybridized carbons (Fsp3) is 0.0357. The summed E-state index contributed by atoms with van der Waals surface area (Å²) in [5, 5.41) is 2.29. The summed E-state index contributed by atoms with van der Waals surface area (Å²) in [5.74, 6) is 1.39. The van der Waals surface area contributed by atoms with Gasteiger partial charge < -0.3 is 14.0 Å². The molecule has 1 aromatic heterocycles. The van der Waals surface area contributed by atoms with E-state index in [9.17, 15) is 4.79 Å². The Kier molecular flexibility index (Phi) is 4.12. The summed E-state index contributed by atoms with van der Waals surface area (Å²) >= 11 is 0. The van der Waals surface area contributed by atoms with Crippen LogP contribution in [0.1, 0.15) is 15.9 Å². The van der Waals surface area contributed by atoms with Crippen LogP contribution in [-0.4, -0.2) is 17.5 Å². The fourth-order valence-corrected chi connectivity index (χ4v) is 4.38. The van der Waals surface area contributed by atoms with E-state index in [2.05, 4.69) is 53.1 Å². The summed E-state index contributed by atoms with van der Waals surface area (Å²) in [5.41, 5.74) is 4.84. The lowest BCUT2D eigenvalue weighted by atomic mass is 10.1. The van der Waals surface area contributed by atoms with Gasteiger partial charge in [0.25, 0.3) is 0 Å². The lowest BCUT2D eigenvalue weighted by molar-refractivity contribution is 0.101. The molecular weight excluding hydrogens is 398 g/mol. The highest BCUT2D eigenvalue weighted by atomic mass is 16.5. The second kappa shape index (κ2) is 7.13. The summed E-state index contributed by atoms with van der Waals surface area (Å²) in [6.45, 7) is 0. The van der Waals surface area contributed by atoms with Gasteiger partial charge in [-0.25, -0.2) is 0 Å². The van der Waals surface area contributed by atoms with Crippen molar-refractivity contribution in [1.29, 1.82) is 0 Å². The van der Waals surface area contributed by atoms with Crippen molar-refractivity contribution >= 4 is 33.7 Å². The van der Waals surface area contributed by atoms with Gasteiger partial charge >= 0.3 is 0 Å². The number of aromatic nitrogens is 1. The largest absolute Gasteiger partial charge is 0.497 e. The minimum atomic E-state index is -0.116. The Labute approximate surface area is 184 Å². The van der Waals surface area contributed by atoms with Gasteiger partial charge in [0, 0.05) is 22.5 Å². The molecule has 4 aromatic carbocycles. The number of carbonyl (C=O) groups is 1. The molecule has 5 aromatic rings. The zero-order chi connectivity index (χ0) is 21.7. The molecule has 1 aliphatic rings. The van der Waals surface area contributed by atoms with Gasteiger partial charge in [-0.3, -0.25) is 4.79 Å². The minimum Gasteiger partial charge on any atom is -0.497 e. The van der Waals surface area contributed by atoms with Crippen molar-refractivity contribution in [2.24, 2.45) is 0 Å². The molecule has 0 amide bonds. The first-order valence-electron chi connectivity index (χ1n) is 10.4. The van der Waals surface area contributed by atoms with E-state index >= 15 is 0 Å². The molecule has 4 heteroatoms. The number of benzene rings is 4. The zero-order valence-corrected chi connectivity index (χ0v) is 17.4. The van der Waals surface area contributed by atoms with Crippen LogP contribution in [0.15, 0.2) is 96.8 Å². The van der Waals surface area contributed by atoms with Crippen molar-refractivity contribution in [3.8, 4) is 17.2 Å². The average molecular weight is 417 g/mol. The van der Waals surface area contributed by atoms with Gasteiger partial charge in [0.15, 0.2) is 5.76 Å². The Morgan fingerprint density at radius 1 is 0.812 bits per heavy atom. The van der Waals surface area contributed by atoms with E-state index in [4.69, 9.17) is 9.47 Å². The molecule has 0 saturated carbocycles. The van der Waals surface area contributed by atoms with Crippen LogP contribution in [0.2, 0.25) is 0 Å². The number of ketones is 1. The Bertz CT molecular complexity index is 1540. The fourth-order valence-electron chi connectivity index (χ4n) is 4.38. The summed E-state index contributed by atoms with van der Waals surface area (Å²) in [6, 6.07) is 30.2. The third kappa shape index (κ3) is 2.81. The molecule has 0 spiro atoms. The lowest BCUT2D eigenvalue weighted by Crippen LogP contribution is -1.98. The summed E-state index contributed by atoms with van der Waals surface area (Å²) in [6.07, 6.45) is 1.81. The Hall–Kier alpha value is -4.31. The number of hydrogen-bond donors (Lipinski definition) is 0. The normalized spacial score (nSPS) is 14.2. The van der Waals surface area contributed by atoms with Crippen LogP contribution in [0.4, 0.5) is 0 Å². The molecule has 0 fully saturated rings. The van der Waals surface area contributed by atoms with Crippen molar-refractivity contribution in [3.05, 3.63) is 108 Å². The second-order valence-corrected chi connectivity index (χ2v) is 7.77. The van der Waals surface area contributed by atoms with E-state index in [-0.39, 0.29) is 5.78 Å². The van der Waals surface area contributed by atoms with Crippen molar-refractivity contribution in [2.75, 3.05) is 7.11 Å². The van der Waals surface area contributed by atoms with Crippen molar-refractivity contribution in [1.82, 2.24) is 4.57 Å². The number of rotatable bonds is 3. The van der Waals surface area contributed by atoms with Crippen LogP contribution in [0.5, 0.6) is 11.5 Å². The summed E-state index contributed by atoms with van der Waals surface area (Å²) < 4.78 is 13.4. The van der Waals surface area contributed by atoms with E-state index < -0.39 is 0 Å². The minimum absolute atomic E-state index is 0.116. The van der Waals surface area contributed by atoms with E-state index in [1.54, 1.807) is 25.3 Å². The topological polar surface area (TPSA) is 40.5 Å². The number of nitrogens with zero attached hydrogens (tertiary/aromatic N) is 1. The molecule has 0 aliphatic carbocycles. The van der Waals surface area contributed by atoms with Gasteiger partial charge in [-0.15, -0.1) is 0 Å². The van der Waals surface area contributed by atoms with Crippen LogP contribution in [0.25, 0.3) is 33.6 Å². The average Bonchev–Trinajstić information content (AvgIpc) is 3.33. The number of allylic oxidation sites excluding steroid dienone is 1. The molecule has 2 heterocycles. The van der Waals surface area contributed by atoms with Gasteiger partial charge in [0.2, 0.25) is 5.78 Å². The standard InChI is InChI=1S/C28H19NO3/c1-31-20-12-13-22-26(17-20)32-27(28(22)30)16-18-11-14-25-23(15-18)21-9-5-6-10-24(21)29(25)19-7-3-2-4-8-19/h2-17H,1H3. The summed E-state index contributed by atoms with van der Waals surface area (Å²) in [4.78, 5) is 12.8. The first kappa shape index (κ1) is 18.5. The van der Waals surface area contributed by atoms with Gasteiger partial charge in [0.1, 0.15) is 11.5 Å². The molecule has 6 rings (SSSR count). The third-order valence-corrected chi connectivity index (χ3v) is 5.89. The predicted molar refractivity (Wildman–Crippen MR) is 127 cm³/mol. The monoisotopic (exact) mass is 417 g/mol. The van der Waals surface area contributed by atoms with Crippen LogP contribution in [0.3, 0.4) is 0 Å². The third-order valence-electron chi connectivity index (χ3n) is 5.89. The SMILES string of the molecule is COc1ccc2c(c1)OC(=Cc1ccc3c(c1)c1ccccc1n3-c1ccccc1)C2=O. The first-order chi connectivity index (χ1) is 15.7. The maximum atomic E-state index is 12.8. The molecular formula is C28H19NO3. The zero-order valence-electron chi connectivity index (χ0n) is 17.4. The van der Waals surface area contributed by atoms with Gasteiger partial charge in [0.05, 0.1) is 23.7 Å². The Morgan fingerprint density at radius 3 is 2.44 bits per heavy atom. The van der Waals surface area contributed by atoms with Gasteiger partial charge in [-0.2, -0.15) is 0 Å². The van der Waals surface area contributed by atoms with Crippen molar-refractivity contribution in [2.45, 2.75) is 0 Å². The number of ether oxygens (including phenoxy) is 2. The van der Waals surface area contributed by atoms with E-state index in [0.717, 1.165) is 27.7 Å². The smallest absolute Gasteiger partial charge is 0.231 e. The molecule has 0 unspecified atom stereocenters. The molecule has 0 N–H and O–H groups in total. The molecule has 0 radical (unpaired) electrons. The number of hydrogen-bond acceptors (Lipinski definition) is 3. The molecule has 0 bridgehead atoms. The number of fused-ring (bicyclic) bond motifs is 4. The summed E-state index contributed by atoms with van der Waals surface area (Å²) in [7, 11) is 1.59. The number of para-hydroxylation sites is 2. The lowest BCUT2D eigenvalue weighted by Gasteiger charge is -2.07. The highest BCUT2D eigenvalue weighted by molar-refractivity contribution is 6.15.